The Hall–Kier alpha value is -3.89. The molecule has 0 amide bonds. The molecule has 0 radical (unpaired) electrons. The van der Waals surface area contributed by atoms with Gasteiger partial charge in [-0.25, -0.2) is 19.2 Å². The molecule has 0 aliphatic heterocycles. The van der Waals surface area contributed by atoms with E-state index in [9.17, 15) is 22.4 Å². The predicted octanol–water partition coefficient (Wildman–Crippen LogP) is 5.07. The molecule has 0 aliphatic carbocycles. The largest absolute Gasteiger partial charge is 0.496 e. The first-order valence-corrected chi connectivity index (χ1v) is 10.5. The molecule has 35 heavy (non-hydrogen) atoms. The number of rotatable bonds is 4. The van der Waals surface area contributed by atoms with Crippen molar-refractivity contribution >= 4 is 17.0 Å². The molecule has 4 rings (SSSR count). The normalized spacial score (nSPS) is 12.3. The third kappa shape index (κ3) is 4.33. The lowest BCUT2D eigenvalue weighted by Crippen LogP contribution is -2.33. The van der Waals surface area contributed by atoms with E-state index in [1.165, 1.54) is 43.6 Å². The lowest BCUT2D eigenvalue weighted by atomic mass is 9.96. The molecule has 0 aliphatic rings. The number of benzene rings is 2. The standard InChI is InChI=1S/C24H22F4N4O3/c1-23(2,3)21-29-12-17(31(21)4)20-30-15-11-13(19-14(25)7-6-8-18(19)34-5)9-10-16(15)32(20)35-22(33)24(26,27)28/h6-12H,1-5H3. The minimum Gasteiger partial charge on any atom is -0.496 e. The second-order valence-electron chi connectivity index (χ2n) is 8.90. The zero-order valence-corrected chi connectivity index (χ0v) is 19.6. The van der Waals surface area contributed by atoms with Crippen LogP contribution in [-0.4, -0.2) is 38.5 Å². The molecule has 0 atom stereocenters. The van der Waals surface area contributed by atoms with E-state index in [4.69, 9.17) is 9.57 Å². The number of carbonyl (C=O) groups excluding carboxylic acids is 1. The van der Waals surface area contributed by atoms with E-state index in [0.29, 0.717) is 17.1 Å². The van der Waals surface area contributed by atoms with Crippen molar-refractivity contribution in [1.29, 1.82) is 0 Å². The van der Waals surface area contributed by atoms with Crippen molar-refractivity contribution in [3.63, 3.8) is 0 Å². The quantitative estimate of drug-likeness (QED) is 0.374. The minimum absolute atomic E-state index is 0.0688. The van der Waals surface area contributed by atoms with Crippen molar-refractivity contribution in [2.75, 3.05) is 7.11 Å². The summed E-state index contributed by atoms with van der Waals surface area (Å²) in [7, 11) is 3.09. The smallest absolute Gasteiger partial charge is 0.493 e. The highest BCUT2D eigenvalue weighted by Crippen LogP contribution is 2.35. The fraction of sp³-hybridized carbons (Fsp3) is 0.292. The molecule has 0 bridgehead atoms. The zero-order valence-electron chi connectivity index (χ0n) is 19.6. The highest BCUT2D eigenvalue weighted by Gasteiger charge is 2.43. The fourth-order valence-electron chi connectivity index (χ4n) is 3.87. The van der Waals surface area contributed by atoms with Crippen LogP contribution in [0.3, 0.4) is 0 Å². The summed E-state index contributed by atoms with van der Waals surface area (Å²) in [5, 5.41) is 0. The molecule has 184 valence electrons. The van der Waals surface area contributed by atoms with E-state index in [-0.39, 0.29) is 33.6 Å². The van der Waals surface area contributed by atoms with Gasteiger partial charge in [-0.2, -0.15) is 17.9 Å². The van der Waals surface area contributed by atoms with E-state index in [0.717, 1.165) is 4.73 Å². The van der Waals surface area contributed by atoms with Crippen molar-refractivity contribution < 1.29 is 31.9 Å². The molecule has 0 saturated carbocycles. The van der Waals surface area contributed by atoms with E-state index < -0.39 is 18.0 Å². The topological polar surface area (TPSA) is 71.2 Å². The van der Waals surface area contributed by atoms with Gasteiger partial charge >= 0.3 is 12.1 Å². The van der Waals surface area contributed by atoms with Crippen LogP contribution >= 0.6 is 0 Å². The maximum atomic E-state index is 14.6. The molecular formula is C24H22F4N4O3. The van der Waals surface area contributed by atoms with Crippen LogP contribution in [0, 0.1) is 5.82 Å². The monoisotopic (exact) mass is 490 g/mol. The van der Waals surface area contributed by atoms with Crippen LogP contribution in [0.2, 0.25) is 0 Å². The van der Waals surface area contributed by atoms with Crippen molar-refractivity contribution in [3.8, 4) is 28.4 Å². The third-order valence-corrected chi connectivity index (χ3v) is 5.39. The van der Waals surface area contributed by atoms with Crippen molar-refractivity contribution in [2.45, 2.75) is 32.4 Å². The summed E-state index contributed by atoms with van der Waals surface area (Å²) < 4.78 is 61.4. The molecule has 0 saturated heterocycles. The average Bonchev–Trinajstić information content (AvgIpc) is 3.32. The Balaban J connectivity index is 1.95. The molecule has 4 aromatic rings. The number of fused-ring (bicyclic) bond motifs is 1. The van der Waals surface area contributed by atoms with Crippen LogP contribution < -0.4 is 9.57 Å². The first-order valence-electron chi connectivity index (χ1n) is 10.5. The molecule has 0 spiro atoms. The number of hydrogen-bond acceptors (Lipinski definition) is 5. The van der Waals surface area contributed by atoms with Gasteiger partial charge in [0, 0.05) is 12.5 Å². The first kappa shape index (κ1) is 24.2. The van der Waals surface area contributed by atoms with Gasteiger partial charge in [-0.3, -0.25) is 0 Å². The van der Waals surface area contributed by atoms with Gasteiger partial charge in [0.25, 0.3) is 0 Å². The zero-order chi connectivity index (χ0) is 25.7. The molecule has 0 N–H and O–H groups in total. The lowest BCUT2D eigenvalue weighted by Gasteiger charge is -2.18. The molecular weight excluding hydrogens is 468 g/mol. The second kappa shape index (κ2) is 8.40. The number of ether oxygens (including phenoxy) is 1. The predicted molar refractivity (Wildman–Crippen MR) is 120 cm³/mol. The molecule has 11 heteroatoms. The van der Waals surface area contributed by atoms with Crippen molar-refractivity contribution in [3.05, 3.63) is 54.2 Å². The van der Waals surface area contributed by atoms with Crippen LogP contribution in [0.1, 0.15) is 26.6 Å². The number of nitrogens with zero attached hydrogens (tertiary/aromatic N) is 4. The molecule has 0 fully saturated rings. The van der Waals surface area contributed by atoms with E-state index in [2.05, 4.69) is 9.97 Å². The number of alkyl halides is 3. The lowest BCUT2D eigenvalue weighted by molar-refractivity contribution is -0.199. The van der Waals surface area contributed by atoms with Crippen molar-refractivity contribution in [1.82, 2.24) is 19.3 Å². The highest BCUT2D eigenvalue weighted by atomic mass is 19.4. The van der Waals surface area contributed by atoms with E-state index in [1.807, 2.05) is 20.8 Å². The van der Waals surface area contributed by atoms with Gasteiger partial charge in [-0.1, -0.05) is 32.9 Å². The van der Waals surface area contributed by atoms with Gasteiger partial charge in [-0.15, -0.1) is 0 Å². The summed E-state index contributed by atoms with van der Waals surface area (Å²) in [5.74, 6) is -2.11. The molecule has 2 aromatic carbocycles. The number of imidazole rings is 2. The number of methoxy groups -OCH3 is 1. The van der Waals surface area contributed by atoms with Crippen LogP contribution in [-0.2, 0) is 17.3 Å². The van der Waals surface area contributed by atoms with Crippen LogP contribution in [0.15, 0.2) is 42.6 Å². The molecule has 2 heterocycles. The Morgan fingerprint density at radius 1 is 1.09 bits per heavy atom. The van der Waals surface area contributed by atoms with Gasteiger partial charge in [0.15, 0.2) is 5.82 Å². The van der Waals surface area contributed by atoms with E-state index in [1.54, 1.807) is 17.7 Å². The highest BCUT2D eigenvalue weighted by molar-refractivity contribution is 5.87. The Kier molecular flexibility index (Phi) is 5.82. The number of aromatic nitrogens is 4. The summed E-state index contributed by atoms with van der Waals surface area (Å²) in [5.41, 5.74) is 0.751. The van der Waals surface area contributed by atoms with Gasteiger partial charge in [0.2, 0.25) is 0 Å². The maximum absolute atomic E-state index is 14.6. The third-order valence-electron chi connectivity index (χ3n) is 5.39. The Labute approximate surface area is 197 Å². The van der Waals surface area contributed by atoms with Crippen molar-refractivity contribution in [2.24, 2.45) is 7.05 Å². The Morgan fingerprint density at radius 2 is 1.80 bits per heavy atom. The second-order valence-corrected chi connectivity index (χ2v) is 8.90. The molecule has 0 unspecified atom stereocenters. The van der Waals surface area contributed by atoms with Gasteiger partial charge in [0.05, 0.1) is 24.4 Å². The number of halogens is 4. The summed E-state index contributed by atoms with van der Waals surface area (Å²) >= 11 is 0. The van der Waals surface area contributed by atoms with Gasteiger partial charge in [-0.05, 0) is 29.8 Å². The summed E-state index contributed by atoms with van der Waals surface area (Å²) in [6, 6.07) is 8.71. The summed E-state index contributed by atoms with van der Waals surface area (Å²) in [6.45, 7) is 5.79. The van der Waals surface area contributed by atoms with E-state index >= 15 is 0 Å². The average molecular weight is 490 g/mol. The summed E-state index contributed by atoms with van der Waals surface area (Å²) in [4.78, 5) is 25.3. The number of carbonyl (C=O) groups is 1. The van der Waals surface area contributed by atoms with Gasteiger partial charge < -0.3 is 14.1 Å². The Bertz CT molecular complexity index is 1430. The van der Waals surface area contributed by atoms with Gasteiger partial charge in [0.1, 0.15) is 28.6 Å². The molecule has 7 nitrogen and oxygen atoms in total. The first-order chi connectivity index (χ1) is 16.3. The minimum atomic E-state index is -5.22. The SMILES string of the molecule is COc1cccc(F)c1-c1ccc2c(c1)nc(-c1cnc(C(C)(C)C)n1C)n2OC(=O)C(F)(F)F. The van der Waals surface area contributed by atoms with Crippen LogP contribution in [0.5, 0.6) is 5.75 Å². The maximum Gasteiger partial charge on any atom is 0.493 e. The fourth-order valence-corrected chi connectivity index (χ4v) is 3.87. The molecule has 2 aromatic heterocycles. The van der Waals surface area contributed by atoms with Crippen LogP contribution in [0.25, 0.3) is 33.7 Å². The number of hydrogen-bond donors (Lipinski definition) is 0. The van der Waals surface area contributed by atoms with Crippen LogP contribution in [0.4, 0.5) is 17.6 Å². The summed E-state index contributed by atoms with van der Waals surface area (Å²) in [6.07, 6.45) is -3.78. The Morgan fingerprint density at radius 3 is 2.40 bits per heavy atom.